The summed E-state index contributed by atoms with van der Waals surface area (Å²) in [5.41, 5.74) is 13.0. The minimum absolute atomic E-state index is 0.416. The van der Waals surface area contributed by atoms with Crippen molar-refractivity contribution in [2.75, 3.05) is 0 Å². The highest BCUT2D eigenvalue weighted by molar-refractivity contribution is 5.93. The molecule has 1 N–H and O–H groups in total. The zero-order chi connectivity index (χ0) is 27.9. The third-order valence-electron chi connectivity index (χ3n) is 8.06. The largest absolute Gasteiger partial charge is 0.439 e. The standard InChI is InChI=1S/C35H30N4O2/c1-3-33-37-34-22(2)17-27(24-9-5-4-6-10-24)19-31(34)39(33)21-23-13-16-29-26(18-23)15-14-25-11-7-8-12-28(25)30(29)20-32-36-35(40)41-38-32/h4-13,16-20H,3,14-15,21H2,1-2H3,(H,36,38,40). The van der Waals surface area contributed by atoms with Gasteiger partial charge in [-0.15, -0.1) is 0 Å². The fourth-order valence-electron chi connectivity index (χ4n) is 6.09. The van der Waals surface area contributed by atoms with E-state index in [1.54, 1.807) is 0 Å². The first-order chi connectivity index (χ1) is 20.1. The molecule has 0 amide bonds. The lowest BCUT2D eigenvalue weighted by Crippen LogP contribution is -2.06. The summed E-state index contributed by atoms with van der Waals surface area (Å²) in [7, 11) is 0. The Morgan fingerprint density at radius 1 is 0.902 bits per heavy atom. The number of benzene rings is 4. The van der Waals surface area contributed by atoms with E-state index >= 15 is 0 Å². The number of imidazole rings is 1. The molecular formula is C35H30N4O2. The van der Waals surface area contributed by atoms with Crippen molar-refractivity contribution in [3.63, 3.8) is 0 Å². The molecule has 202 valence electrons. The van der Waals surface area contributed by atoms with Crippen LogP contribution in [0.5, 0.6) is 0 Å². The van der Waals surface area contributed by atoms with E-state index < -0.39 is 5.76 Å². The number of fused-ring (bicyclic) bond motifs is 3. The van der Waals surface area contributed by atoms with Crippen LogP contribution in [0, 0.1) is 6.92 Å². The van der Waals surface area contributed by atoms with E-state index in [2.05, 4.69) is 113 Å². The van der Waals surface area contributed by atoms with Gasteiger partial charge in [-0.25, -0.2) is 9.78 Å². The molecule has 2 aromatic heterocycles. The molecule has 6 nitrogen and oxygen atoms in total. The second-order valence-corrected chi connectivity index (χ2v) is 10.7. The lowest BCUT2D eigenvalue weighted by atomic mass is 9.92. The second kappa shape index (κ2) is 10.2. The van der Waals surface area contributed by atoms with Gasteiger partial charge in [-0.3, -0.25) is 9.51 Å². The minimum Gasteiger partial charge on any atom is -0.323 e. The van der Waals surface area contributed by atoms with Gasteiger partial charge in [-0.2, -0.15) is 0 Å². The molecular weight excluding hydrogens is 508 g/mol. The molecule has 6 aromatic rings. The number of H-pyrrole nitrogens is 1. The van der Waals surface area contributed by atoms with Crippen LogP contribution in [-0.4, -0.2) is 19.7 Å². The van der Waals surface area contributed by atoms with Crippen LogP contribution in [0.15, 0.2) is 94.2 Å². The molecule has 0 radical (unpaired) electrons. The van der Waals surface area contributed by atoms with Gasteiger partial charge in [0.15, 0.2) is 5.82 Å². The van der Waals surface area contributed by atoms with Crippen molar-refractivity contribution in [3.8, 4) is 11.1 Å². The number of nitrogens with zero attached hydrogens (tertiary/aromatic N) is 3. The fraction of sp³-hybridized carbons (Fsp3) is 0.171. The summed E-state index contributed by atoms with van der Waals surface area (Å²) in [5.74, 6) is 0.948. The minimum atomic E-state index is -0.556. The summed E-state index contributed by atoms with van der Waals surface area (Å²) < 4.78 is 7.15. The van der Waals surface area contributed by atoms with E-state index in [-0.39, 0.29) is 0 Å². The third kappa shape index (κ3) is 4.61. The number of aromatic nitrogens is 4. The fourth-order valence-corrected chi connectivity index (χ4v) is 6.09. The van der Waals surface area contributed by atoms with Gasteiger partial charge in [0.1, 0.15) is 5.82 Å². The summed E-state index contributed by atoms with van der Waals surface area (Å²) in [6, 6.07) is 30.3. The normalized spacial score (nSPS) is 13.8. The van der Waals surface area contributed by atoms with Gasteiger partial charge in [-0.05, 0) is 88.1 Å². The molecule has 0 unspecified atom stereocenters. The summed E-state index contributed by atoms with van der Waals surface area (Å²) in [5, 5.41) is 3.91. The summed E-state index contributed by atoms with van der Waals surface area (Å²) in [6.07, 6.45) is 4.64. The van der Waals surface area contributed by atoms with Gasteiger partial charge in [0.25, 0.3) is 0 Å². The maximum atomic E-state index is 11.6. The average molecular weight is 539 g/mol. The number of rotatable bonds is 5. The van der Waals surface area contributed by atoms with Crippen LogP contribution >= 0.6 is 0 Å². The SMILES string of the molecule is CCc1nc2c(C)cc(-c3ccccc3)cc2n1Cc1ccc2c(c1)CCc1ccccc1C2=Cc1noc(=O)[nH]1. The highest BCUT2D eigenvalue weighted by Crippen LogP contribution is 2.36. The Bertz CT molecular complexity index is 1990. The van der Waals surface area contributed by atoms with Crippen LogP contribution in [-0.2, 0) is 25.8 Å². The van der Waals surface area contributed by atoms with E-state index in [4.69, 9.17) is 9.51 Å². The molecule has 4 aromatic carbocycles. The van der Waals surface area contributed by atoms with Crippen LogP contribution in [0.3, 0.4) is 0 Å². The highest BCUT2D eigenvalue weighted by atomic mass is 16.5. The van der Waals surface area contributed by atoms with E-state index in [0.29, 0.717) is 5.82 Å². The highest BCUT2D eigenvalue weighted by Gasteiger charge is 2.20. The predicted molar refractivity (Wildman–Crippen MR) is 163 cm³/mol. The Morgan fingerprint density at radius 3 is 2.49 bits per heavy atom. The Hall–Kier alpha value is -4.97. The molecule has 41 heavy (non-hydrogen) atoms. The first-order valence-corrected chi connectivity index (χ1v) is 14.1. The van der Waals surface area contributed by atoms with Crippen molar-refractivity contribution in [1.82, 2.24) is 19.7 Å². The van der Waals surface area contributed by atoms with Crippen LogP contribution in [0.2, 0.25) is 0 Å². The van der Waals surface area contributed by atoms with Crippen LogP contribution in [0.25, 0.3) is 33.8 Å². The van der Waals surface area contributed by atoms with Crippen LogP contribution < -0.4 is 5.76 Å². The Morgan fingerprint density at radius 2 is 1.68 bits per heavy atom. The monoisotopic (exact) mass is 538 g/mol. The van der Waals surface area contributed by atoms with E-state index in [1.807, 2.05) is 6.08 Å². The first-order valence-electron chi connectivity index (χ1n) is 14.1. The van der Waals surface area contributed by atoms with Gasteiger partial charge in [-0.1, -0.05) is 84.9 Å². The number of aromatic amines is 1. The van der Waals surface area contributed by atoms with Gasteiger partial charge in [0, 0.05) is 13.0 Å². The zero-order valence-corrected chi connectivity index (χ0v) is 23.1. The summed E-state index contributed by atoms with van der Waals surface area (Å²) >= 11 is 0. The maximum absolute atomic E-state index is 11.6. The number of aryl methyl sites for hydroxylation is 4. The Labute approximate surface area is 238 Å². The molecule has 0 spiro atoms. The molecule has 7 rings (SSSR count). The van der Waals surface area contributed by atoms with E-state index in [0.717, 1.165) is 53.8 Å². The van der Waals surface area contributed by atoms with Gasteiger partial charge in [0.05, 0.1) is 11.0 Å². The molecule has 6 heteroatoms. The number of hydrogen-bond acceptors (Lipinski definition) is 4. The van der Waals surface area contributed by atoms with Crippen molar-refractivity contribution in [3.05, 3.63) is 141 Å². The lowest BCUT2D eigenvalue weighted by Gasteiger charge is -2.15. The molecule has 0 fully saturated rings. The van der Waals surface area contributed by atoms with Crippen molar-refractivity contribution in [2.45, 2.75) is 39.7 Å². The molecule has 0 saturated heterocycles. The van der Waals surface area contributed by atoms with Crippen molar-refractivity contribution >= 4 is 22.7 Å². The average Bonchev–Trinajstić information content (AvgIpc) is 3.54. The summed E-state index contributed by atoms with van der Waals surface area (Å²) in [6.45, 7) is 5.07. The zero-order valence-electron chi connectivity index (χ0n) is 23.1. The molecule has 2 heterocycles. The van der Waals surface area contributed by atoms with Gasteiger partial charge >= 0.3 is 5.76 Å². The Balaban J connectivity index is 1.32. The third-order valence-corrected chi connectivity index (χ3v) is 8.06. The number of nitrogens with one attached hydrogen (secondary N) is 1. The van der Waals surface area contributed by atoms with Crippen molar-refractivity contribution in [2.24, 2.45) is 0 Å². The van der Waals surface area contributed by atoms with Gasteiger partial charge < -0.3 is 4.57 Å². The Kier molecular flexibility index (Phi) is 6.23. The topological polar surface area (TPSA) is 76.7 Å². The molecule has 1 aliphatic rings. The van der Waals surface area contributed by atoms with Crippen molar-refractivity contribution < 1.29 is 4.52 Å². The smallest absolute Gasteiger partial charge is 0.323 e. The van der Waals surface area contributed by atoms with Crippen LogP contribution in [0.4, 0.5) is 0 Å². The molecule has 1 aliphatic carbocycles. The molecule has 0 saturated carbocycles. The molecule has 0 aliphatic heterocycles. The predicted octanol–water partition coefficient (Wildman–Crippen LogP) is 6.99. The number of hydrogen-bond donors (Lipinski definition) is 1. The van der Waals surface area contributed by atoms with Crippen LogP contribution in [0.1, 0.15) is 52.0 Å². The first kappa shape index (κ1) is 25.0. The quantitative estimate of drug-likeness (QED) is 0.257. The molecule has 0 atom stereocenters. The second-order valence-electron chi connectivity index (χ2n) is 10.7. The van der Waals surface area contributed by atoms with E-state index in [1.165, 1.54) is 38.9 Å². The maximum Gasteiger partial charge on any atom is 0.439 e. The molecule has 0 bridgehead atoms. The van der Waals surface area contributed by atoms with E-state index in [9.17, 15) is 4.79 Å². The summed E-state index contributed by atoms with van der Waals surface area (Å²) in [4.78, 5) is 19.4. The van der Waals surface area contributed by atoms with Gasteiger partial charge in [0.2, 0.25) is 0 Å². The van der Waals surface area contributed by atoms with Crippen molar-refractivity contribution in [1.29, 1.82) is 0 Å². The lowest BCUT2D eigenvalue weighted by molar-refractivity contribution is 0.385.